The van der Waals surface area contributed by atoms with Crippen LogP contribution in [0.5, 0.6) is 0 Å². The van der Waals surface area contributed by atoms with Crippen molar-refractivity contribution in [1.29, 1.82) is 0 Å². The molecule has 2 heterocycles. The third-order valence-corrected chi connectivity index (χ3v) is 7.09. The van der Waals surface area contributed by atoms with Gasteiger partial charge in [0.2, 0.25) is 0 Å². The second-order valence-electron chi connectivity index (χ2n) is 8.13. The summed E-state index contributed by atoms with van der Waals surface area (Å²) in [4.78, 5) is 9.29. The van der Waals surface area contributed by atoms with Gasteiger partial charge in [0.15, 0.2) is 0 Å². The third-order valence-electron chi connectivity index (χ3n) is 4.80. The highest BCUT2D eigenvalue weighted by molar-refractivity contribution is 7.10. The fourth-order valence-electron chi connectivity index (χ4n) is 2.95. The minimum atomic E-state index is 0.521. The molecule has 156 valence electrons. The van der Waals surface area contributed by atoms with Crippen molar-refractivity contribution in [1.82, 2.24) is 9.97 Å². The fraction of sp³-hybridized carbons (Fsp3) is 0.308. The normalized spacial score (nSPS) is 10.9. The molecule has 2 aromatic heterocycles. The van der Waals surface area contributed by atoms with Crippen LogP contribution in [-0.4, -0.2) is 9.97 Å². The van der Waals surface area contributed by atoms with E-state index in [1.165, 1.54) is 32.3 Å². The van der Waals surface area contributed by atoms with E-state index in [2.05, 4.69) is 111 Å². The van der Waals surface area contributed by atoms with Gasteiger partial charge in [0, 0.05) is 33.7 Å². The van der Waals surface area contributed by atoms with Gasteiger partial charge in [0.25, 0.3) is 0 Å². The lowest BCUT2D eigenvalue weighted by Crippen LogP contribution is -1.87. The van der Waals surface area contributed by atoms with Crippen LogP contribution < -0.4 is 0 Å². The van der Waals surface area contributed by atoms with Gasteiger partial charge >= 0.3 is 0 Å². The van der Waals surface area contributed by atoms with Crippen molar-refractivity contribution in [2.75, 3.05) is 0 Å². The summed E-state index contributed by atoms with van der Waals surface area (Å²) in [5.41, 5.74) is 7.26. The molecule has 4 rings (SSSR count). The number of benzene rings is 2. The maximum Gasteiger partial charge on any atom is 0.0958 e. The van der Waals surface area contributed by atoms with Crippen molar-refractivity contribution in [3.63, 3.8) is 0 Å². The molecule has 30 heavy (non-hydrogen) atoms. The Labute approximate surface area is 188 Å². The van der Waals surface area contributed by atoms with Crippen molar-refractivity contribution >= 4 is 22.7 Å². The molecule has 0 amide bonds. The summed E-state index contributed by atoms with van der Waals surface area (Å²) in [7, 11) is 0. The zero-order valence-corrected chi connectivity index (χ0v) is 20.3. The first-order valence-electron chi connectivity index (χ1n) is 10.4. The highest BCUT2D eigenvalue weighted by Crippen LogP contribution is 2.28. The molecule has 0 saturated heterocycles. The first-order chi connectivity index (χ1) is 14.3. The van der Waals surface area contributed by atoms with Gasteiger partial charge in [-0.3, -0.25) is 0 Å². The maximum atomic E-state index is 4.66. The maximum absolute atomic E-state index is 4.66. The van der Waals surface area contributed by atoms with Gasteiger partial charge in [-0.05, 0) is 19.4 Å². The lowest BCUT2D eigenvalue weighted by molar-refractivity contribution is 0.853. The molecule has 0 bridgehead atoms. The van der Waals surface area contributed by atoms with Gasteiger partial charge in [-0.1, -0.05) is 81.8 Å². The molecule has 0 atom stereocenters. The second kappa shape index (κ2) is 10.1. The molecule has 0 aliphatic carbocycles. The number of hydrogen-bond donors (Lipinski definition) is 0. The Bertz CT molecular complexity index is 1070. The lowest BCUT2D eigenvalue weighted by Gasteiger charge is -2.01. The van der Waals surface area contributed by atoms with E-state index < -0.39 is 0 Å². The summed E-state index contributed by atoms with van der Waals surface area (Å²) >= 11 is 3.50. The molecule has 0 N–H and O–H groups in total. The van der Waals surface area contributed by atoms with Gasteiger partial charge in [0.05, 0.1) is 21.4 Å². The molecule has 2 nitrogen and oxygen atoms in total. The van der Waals surface area contributed by atoms with E-state index in [4.69, 9.17) is 0 Å². The minimum Gasteiger partial charge on any atom is -0.241 e. The zero-order valence-electron chi connectivity index (χ0n) is 18.6. The van der Waals surface area contributed by atoms with Gasteiger partial charge in [-0.15, -0.1) is 22.7 Å². The summed E-state index contributed by atoms with van der Waals surface area (Å²) in [5.74, 6) is 1.04. The Morgan fingerprint density at radius 3 is 1.73 bits per heavy atom. The smallest absolute Gasteiger partial charge is 0.0958 e. The van der Waals surface area contributed by atoms with Crippen molar-refractivity contribution in [3.8, 4) is 22.5 Å². The average molecular weight is 435 g/mol. The summed E-state index contributed by atoms with van der Waals surface area (Å²) < 4.78 is 0. The van der Waals surface area contributed by atoms with Crippen LogP contribution in [0.1, 0.15) is 60.7 Å². The van der Waals surface area contributed by atoms with E-state index in [1.807, 2.05) is 0 Å². The first-order valence-corrected chi connectivity index (χ1v) is 12.1. The van der Waals surface area contributed by atoms with Gasteiger partial charge in [0.1, 0.15) is 0 Å². The standard InChI is InChI=1S/2C13H15NS/c1-9(2)13-14-12(8-15-13)11-6-4-10(3)5-7-11;1-9(2)13-14-12(8-15-13)11-7-5-4-6-10(11)3/h2*4-9H,1-3H3. The van der Waals surface area contributed by atoms with Crippen LogP contribution in [0, 0.1) is 13.8 Å². The van der Waals surface area contributed by atoms with E-state index in [1.54, 1.807) is 22.7 Å². The van der Waals surface area contributed by atoms with Crippen LogP contribution in [-0.2, 0) is 0 Å². The van der Waals surface area contributed by atoms with Crippen molar-refractivity contribution in [2.45, 2.75) is 53.4 Å². The Morgan fingerprint density at radius 1 is 0.667 bits per heavy atom. The molecule has 2 aromatic carbocycles. The summed E-state index contributed by atoms with van der Waals surface area (Å²) in [5, 5.41) is 6.72. The Morgan fingerprint density at radius 2 is 1.20 bits per heavy atom. The number of rotatable bonds is 4. The lowest BCUT2D eigenvalue weighted by atomic mass is 10.1. The molecule has 0 saturated carbocycles. The molecule has 0 radical (unpaired) electrons. The molecule has 0 spiro atoms. The van der Waals surface area contributed by atoms with Gasteiger partial charge in [-0.25, -0.2) is 9.97 Å². The number of nitrogens with zero attached hydrogens (tertiary/aromatic N) is 2. The molecule has 0 aliphatic rings. The monoisotopic (exact) mass is 434 g/mol. The molecule has 4 aromatic rings. The van der Waals surface area contributed by atoms with Crippen LogP contribution in [0.15, 0.2) is 59.3 Å². The molecule has 0 unspecified atom stereocenters. The van der Waals surface area contributed by atoms with E-state index >= 15 is 0 Å². The number of aromatic nitrogens is 2. The Kier molecular flexibility index (Phi) is 7.57. The molecule has 0 aliphatic heterocycles. The van der Waals surface area contributed by atoms with Crippen molar-refractivity contribution < 1.29 is 0 Å². The number of hydrogen-bond acceptors (Lipinski definition) is 4. The highest BCUT2D eigenvalue weighted by atomic mass is 32.1. The quantitative estimate of drug-likeness (QED) is 0.322. The zero-order chi connectivity index (χ0) is 21.7. The molecular formula is C26H30N2S2. The van der Waals surface area contributed by atoms with Crippen LogP contribution in [0.2, 0.25) is 0 Å². The summed E-state index contributed by atoms with van der Waals surface area (Å²) in [6.45, 7) is 12.9. The van der Waals surface area contributed by atoms with Crippen LogP contribution in [0.4, 0.5) is 0 Å². The SMILES string of the molecule is Cc1ccc(-c2csc(C(C)C)n2)cc1.Cc1ccccc1-c1csc(C(C)C)n1. The highest BCUT2D eigenvalue weighted by Gasteiger charge is 2.09. The van der Waals surface area contributed by atoms with E-state index in [0.29, 0.717) is 11.8 Å². The predicted octanol–water partition coefficient (Wildman–Crippen LogP) is 8.48. The number of thiazole rings is 2. The van der Waals surface area contributed by atoms with E-state index in [9.17, 15) is 0 Å². The van der Waals surface area contributed by atoms with E-state index in [-0.39, 0.29) is 0 Å². The predicted molar refractivity (Wildman–Crippen MR) is 133 cm³/mol. The van der Waals surface area contributed by atoms with Gasteiger partial charge < -0.3 is 0 Å². The first kappa shape index (κ1) is 22.4. The summed E-state index contributed by atoms with van der Waals surface area (Å²) in [6.07, 6.45) is 0. The van der Waals surface area contributed by atoms with Crippen molar-refractivity contribution in [2.24, 2.45) is 0 Å². The third kappa shape index (κ3) is 5.65. The fourth-order valence-corrected chi connectivity index (χ4v) is 4.63. The Hall–Kier alpha value is -2.30. The second-order valence-corrected chi connectivity index (χ2v) is 9.91. The Balaban J connectivity index is 0.000000171. The molecule has 4 heteroatoms. The molecule has 0 fully saturated rings. The minimum absolute atomic E-state index is 0.521. The summed E-state index contributed by atoms with van der Waals surface area (Å²) in [6, 6.07) is 16.9. The van der Waals surface area contributed by atoms with Crippen LogP contribution in [0.25, 0.3) is 22.5 Å². The van der Waals surface area contributed by atoms with E-state index in [0.717, 1.165) is 11.4 Å². The van der Waals surface area contributed by atoms with Gasteiger partial charge in [-0.2, -0.15) is 0 Å². The van der Waals surface area contributed by atoms with Crippen molar-refractivity contribution in [3.05, 3.63) is 80.4 Å². The average Bonchev–Trinajstić information content (AvgIpc) is 3.40. The molecular weight excluding hydrogens is 404 g/mol. The number of aryl methyl sites for hydroxylation is 2. The topological polar surface area (TPSA) is 25.8 Å². The van der Waals surface area contributed by atoms with Crippen LogP contribution in [0.3, 0.4) is 0 Å². The van der Waals surface area contributed by atoms with Crippen LogP contribution >= 0.6 is 22.7 Å². The largest absolute Gasteiger partial charge is 0.241 e.